The largest absolute Gasteiger partial charge is 0.342 e. The van der Waals surface area contributed by atoms with Crippen LogP contribution in [0.25, 0.3) is 0 Å². The number of nitro groups is 1. The minimum Gasteiger partial charge on any atom is -0.342 e. The van der Waals surface area contributed by atoms with Crippen molar-refractivity contribution in [3.05, 3.63) is 75.1 Å². The van der Waals surface area contributed by atoms with Gasteiger partial charge in [-0.25, -0.2) is 0 Å². The summed E-state index contributed by atoms with van der Waals surface area (Å²) in [6.45, 7) is 10.2. The van der Waals surface area contributed by atoms with E-state index in [1.54, 1.807) is 25.1 Å². The number of nitrogens with one attached hydrogen (secondary N) is 2. The predicted octanol–water partition coefficient (Wildman–Crippen LogP) is 4.68. The zero-order valence-corrected chi connectivity index (χ0v) is 21.8. The van der Waals surface area contributed by atoms with Crippen molar-refractivity contribution in [3.63, 3.8) is 0 Å². The van der Waals surface area contributed by atoms with Crippen molar-refractivity contribution in [3.8, 4) is 0 Å². The van der Waals surface area contributed by atoms with Crippen LogP contribution in [0.5, 0.6) is 0 Å². The lowest BCUT2D eigenvalue weighted by molar-refractivity contribution is -0.384. The Morgan fingerprint density at radius 3 is 2.42 bits per heavy atom. The molecule has 3 rings (SSSR count). The SMILES string of the molecule is CCn1c(SCC(=O)Nc2cc([N+](=O)[O-])ccc2C)nnc1[C@H](NC(=O)c1ccc(C)cc1)C(C)C. The molecule has 0 aliphatic rings. The fraction of sp³-hybridized carbons (Fsp3) is 0.360. The summed E-state index contributed by atoms with van der Waals surface area (Å²) in [7, 11) is 0. The summed E-state index contributed by atoms with van der Waals surface area (Å²) in [4.78, 5) is 36.0. The number of carbonyl (C=O) groups excluding carboxylic acids is 2. The molecule has 2 aromatic carbocycles. The zero-order chi connectivity index (χ0) is 26.4. The molecule has 2 N–H and O–H groups in total. The second-order valence-corrected chi connectivity index (χ2v) is 9.68. The summed E-state index contributed by atoms with van der Waals surface area (Å²) in [5.74, 6) is 0.198. The van der Waals surface area contributed by atoms with Gasteiger partial charge in [-0.2, -0.15) is 0 Å². The van der Waals surface area contributed by atoms with Crippen LogP contribution in [0.2, 0.25) is 0 Å². The van der Waals surface area contributed by atoms with Crippen molar-refractivity contribution in [1.82, 2.24) is 20.1 Å². The molecule has 0 aliphatic carbocycles. The summed E-state index contributed by atoms with van der Waals surface area (Å²) in [5.41, 5.74) is 2.67. The molecule has 11 heteroatoms. The van der Waals surface area contributed by atoms with Gasteiger partial charge >= 0.3 is 0 Å². The van der Waals surface area contributed by atoms with E-state index in [2.05, 4.69) is 20.8 Å². The second-order valence-electron chi connectivity index (χ2n) is 8.74. The average Bonchev–Trinajstić information content (AvgIpc) is 3.25. The monoisotopic (exact) mass is 510 g/mol. The van der Waals surface area contributed by atoms with Gasteiger partial charge in [0, 0.05) is 24.2 Å². The van der Waals surface area contributed by atoms with Gasteiger partial charge in [-0.15, -0.1) is 10.2 Å². The molecule has 1 heterocycles. The highest BCUT2D eigenvalue weighted by atomic mass is 32.2. The first kappa shape index (κ1) is 26.9. The molecular formula is C25H30N6O4S. The fourth-order valence-corrected chi connectivity index (χ4v) is 4.38. The van der Waals surface area contributed by atoms with Gasteiger partial charge in [0.2, 0.25) is 5.91 Å². The van der Waals surface area contributed by atoms with Crippen LogP contribution in [0.3, 0.4) is 0 Å². The van der Waals surface area contributed by atoms with Gasteiger partial charge in [0.15, 0.2) is 11.0 Å². The minimum absolute atomic E-state index is 0.0440. The van der Waals surface area contributed by atoms with Crippen LogP contribution in [-0.4, -0.2) is 37.3 Å². The van der Waals surface area contributed by atoms with E-state index in [9.17, 15) is 19.7 Å². The Balaban J connectivity index is 1.72. The van der Waals surface area contributed by atoms with Gasteiger partial charge in [0.25, 0.3) is 11.6 Å². The molecule has 0 fully saturated rings. The van der Waals surface area contributed by atoms with Crippen LogP contribution in [0.1, 0.15) is 54.1 Å². The first-order chi connectivity index (χ1) is 17.1. The van der Waals surface area contributed by atoms with E-state index >= 15 is 0 Å². The molecule has 2 amide bonds. The first-order valence-electron chi connectivity index (χ1n) is 11.6. The molecule has 1 atom stereocenters. The van der Waals surface area contributed by atoms with Crippen molar-refractivity contribution < 1.29 is 14.5 Å². The predicted molar refractivity (Wildman–Crippen MR) is 139 cm³/mol. The van der Waals surface area contributed by atoms with Crippen LogP contribution in [0, 0.1) is 29.9 Å². The number of carbonyl (C=O) groups is 2. The molecule has 0 unspecified atom stereocenters. The van der Waals surface area contributed by atoms with Gasteiger partial charge in [0.05, 0.1) is 22.4 Å². The quantitative estimate of drug-likeness (QED) is 0.230. The topological polar surface area (TPSA) is 132 Å². The molecule has 190 valence electrons. The highest BCUT2D eigenvalue weighted by Crippen LogP contribution is 2.26. The lowest BCUT2D eigenvalue weighted by atomic mass is 10.0. The molecule has 0 saturated heterocycles. The van der Waals surface area contributed by atoms with Crippen molar-refractivity contribution in [2.75, 3.05) is 11.1 Å². The van der Waals surface area contributed by atoms with Crippen molar-refractivity contribution in [1.29, 1.82) is 0 Å². The maximum absolute atomic E-state index is 12.9. The van der Waals surface area contributed by atoms with E-state index in [4.69, 9.17) is 0 Å². The van der Waals surface area contributed by atoms with Crippen molar-refractivity contribution in [2.45, 2.75) is 52.4 Å². The number of anilines is 1. The van der Waals surface area contributed by atoms with E-state index in [0.29, 0.717) is 28.8 Å². The van der Waals surface area contributed by atoms with Crippen LogP contribution >= 0.6 is 11.8 Å². The molecule has 0 aliphatic heterocycles. The Hall–Kier alpha value is -3.73. The molecule has 3 aromatic rings. The molecule has 0 radical (unpaired) electrons. The Morgan fingerprint density at radius 1 is 1.11 bits per heavy atom. The zero-order valence-electron chi connectivity index (χ0n) is 20.9. The van der Waals surface area contributed by atoms with Crippen LogP contribution in [-0.2, 0) is 11.3 Å². The number of aromatic nitrogens is 3. The third-order valence-electron chi connectivity index (χ3n) is 5.65. The second kappa shape index (κ2) is 11.8. The Morgan fingerprint density at radius 2 is 1.81 bits per heavy atom. The third-order valence-corrected chi connectivity index (χ3v) is 6.61. The number of amides is 2. The summed E-state index contributed by atoms with van der Waals surface area (Å²) >= 11 is 1.21. The maximum atomic E-state index is 12.9. The summed E-state index contributed by atoms with van der Waals surface area (Å²) in [5, 5.41) is 26.0. The van der Waals surface area contributed by atoms with E-state index in [1.165, 1.54) is 23.9 Å². The number of rotatable bonds is 10. The van der Waals surface area contributed by atoms with E-state index < -0.39 is 4.92 Å². The van der Waals surface area contributed by atoms with E-state index in [1.807, 2.05) is 44.4 Å². The number of nitrogens with zero attached hydrogens (tertiary/aromatic N) is 4. The highest BCUT2D eigenvalue weighted by Gasteiger charge is 2.26. The van der Waals surface area contributed by atoms with Crippen molar-refractivity contribution >= 4 is 35.0 Å². The smallest absolute Gasteiger partial charge is 0.271 e. The number of non-ortho nitro benzene ring substituents is 1. The molecular weight excluding hydrogens is 480 g/mol. The number of aryl methyl sites for hydroxylation is 2. The van der Waals surface area contributed by atoms with Crippen molar-refractivity contribution in [2.24, 2.45) is 5.92 Å². The number of hydrogen-bond acceptors (Lipinski definition) is 7. The molecule has 10 nitrogen and oxygen atoms in total. The number of thioether (sulfide) groups is 1. The van der Waals surface area contributed by atoms with Crippen LogP contribution < -0.4 is 10.6 Å². The highest BCUT2D eigenvalue weighted by molar-refractivity contribution is 7.99. The molecule has 36 heavy (non-hydrogen) atoms. The summed E-state index contributed by atoms with van der Waals surface area (Å²) < 4.78 is 1.89. The fourth-order valence-electron chi connectivity index (χ4n) is 3.57. The third kappa shape index (κ3) is 6.48. The van der Waals surface area contributed by atoms with Gasteiger partial charge in [-0.3, -0.25) is 19.7 Å². The van der Waals surface area contributed by atoms with Gasteiger partial charge in [0.1, 0.15) is 0 Å². The van der Waals surface area contributed by atoms with Gasteiger partial charge in [-0.05, 0) is 44.4 Å². The Bertz CT molecular complexity index is 1260. The maximum Gasteiger partial charge on any atom is 0.271 e. The Labute approximate surface area is 214 Å². The molecule has 0 bridgehead atoms. The van der Waals surface area contributed by atoms with Gasteiger partial charge < -0.3 is 15.2 Å². The van der Waals surface area contributed by atoms with Crippen LogP contribution in [0.4, 0.5) is 11.4 Å². The number of hydrogen-bond donors (Lipinski definition) is 2. The minimum atomic E-state index is -0.502. The lowest BCUT2D eigenvalue weighted by Gasteiger charge is -2.22. The Kier molecular flexibility index (Phi) is 8.81. The number of benzene rings is 2. The standard InChI is InChI=1S/C25H30N6O4S/c1-6-30-23(22(15(2)3)27-24(33)18-10-7-16(4)8-11-18)28-29-25(30)36-14-21(32)26-20-13-19(31(34)35)12-9-17(20)5/h7-13,15,22H,6,14H2,1-5H3,(H,26,32)(H,27,33)/t22-/m1/s1. The molecule has 0 spiro atoms. The molecule has 1 aromatic heterocycles. The van der Waals surface area contributed by atoms with Crippen LogP contribution in [0.15, 0.2) is 47.6 Å². The summed E-state index contributed by atoms with van der Waals surface area (Å²) in [6, 6.07) is 11.3. The average molecular weight is 511 g/mol. The lowest BCUT2D eigenvalue weighted by Crippen LogP contribution is -2.33. The summed E-state index contributed by atoms with van der Waals surface area (Å²) in [6.07, 6.45) is 0. The normalized spacial score (nSPS) is 11.8. The number of nitro benzene ring substituents is 1. The van der Waals surface area contributed by atoms with E-state index in [0.717, 1.165) is 11.1 Å². The first-order valence-corrected chi connectivity index (χ1v) is 12.6. The van der Waals surface area contributed by atoms with Gasteiger partial charge in [-0.1, -0.05) is 49.4 Å². The molecule has 0 saturated carbocycles. The van der Waals surface area contributed by atoms with E-state index in [-0.39, 0.29) is 35.2 Å².